The van der Waals surface area contributed by atoms with Gasteiger partial charge in [0, 0.05) is 44.6 Å². The van der Waals surface area contributed by atoms with E-state index in [1.54, 1.807) is 57.6 Å². The predicted molar refractivity (Wildman–Crippen MR) is 255 cm³/mol. The summed E-state index contributed by atoms with van der Waals surface area (Å²) in [4.78, 5) is 96.4. The number of likely N-dealkylation sites (tertiary alicyclic amines) is 1. The number of likely N-dealkylation sites (N-methyl/N-ethyl adjacent to an activating group) is 2. The van der Waals surface area contributed by atoms with E-state index in [-0.39, 0.29) is 85.8 Å². The first-order valence-electron chi connectivity index (χ1n) is 24.0. The van der Waals surface area contributed by atoms with Crippen LogP contribution in [0.1, 0.15) is 130 Å². The van der Waals surface area contributed by atoms with Crippen molar-refractivity contribution >= 4 is 41.4 Å². The highest BCUT2D eigenvalue weighted by atomic mass is 16.2. The maximum Gasteiger partial charge on any atom is 0.246 e. The Kier molecular flexibility index (Phi) is 19.9. The van der Waals surface area contributed by atoms with Crippen LogP contribution in [-0.4, -0.2) is 131 Å². The average molecular weight is 935 g/mol. The zero-order valence-electron chi connectivity index (χ0n) is 41.7. The Morgan fingerprint density at radius 3 is 2.09 bits per heavy atom. The molecule has 0 bridgehead atoms. The fourth-order valence-electron chi connectivity index (χ4n) is 8.15. The van der Waals surface area contributed by atoms with Crippen LogP contribution < -0.4 is 42.5 Å². The first-order valence-corrected chi connectivity index (χ1v) is 24.0. The molecule has 1 aromatic carbocycles. The lowest BCUT2D eigenvalue weighted by Gasteiger charge is -2.36. The molecule has 9 atom stereocenters. The summed E-state index contributed by atoms with van der Waals surface area (Å²) < 4.78 is 1.66. The monoisotopic (exact) mass is 935 g/mol. The third-order valence-electron chi connectivity index (χ3n) is 13.1. The van der Waals surface area contributed by atoms with Crippen LogP contribution in [0.4, 0.5) is 0 Å². The molecule has 67 heavy (non-hydrogen) atoms. The number of nitrogens with zero attached hydrogens (tertiary/aromatic N) is 4. The molecule has 1 aromatic heterocycles. The minimum atomic E-state index is -1.03. The molecule has 1 unspecified atom stereocenters. The van der Waals surface area contributed by atoms with E-state index in [0.29, 0.717) is 12.1 Å². The standard InChI is InChI=1S/C48H78N12O7/c1-27(2)29(5)52-44(64)37(54-46(66)40(28(3)4)55-42(62)30(6)49-11)20-21-39(61)51-23-22-33-25-60(58-57-33)34-24-38(45(65)53-36-19-15-17-32-16-13-14-18-35(32)36)59(26-34)47(67)41(48(8,9)10)56-43(63)31(7)50-12/h13-14,16,18,25,27-31,34,36-38,40-41,49-50H,15,17,19-24,26H2,1-12H3,(H,51,61)(H,52,64)(H,53,65)(H,54,66)(H,55,62)(H,56,63)/t29-,30+,31+,34+,36-,37+,38+,40?,41-/m1/s1. The van der Waals surface area contributed by atoms with Gasteiger partial charge >= 0.3 is 0 Å². The highest BCUT2D eigenvalue weighted by Gasteiger charge is 2.46. The molecule has 1 aliphatic heterocycles. The quantitative estimate of drug-likeness (QED) is 0.0843. The molecule has 4 rings (SSSR count). The van der Waals surface area contributed by atoms with Crippen LogP contribution in [0.3, 0.4) is 0 Å². The third-order valence-corrected chi connectivity index (χ3v) is 13.1. The van der Waals surface area contributed by atoms with Gasteiger partial charge in [0.1, 0.15) is 24.2 Å². The lowest BCUT2D eigenvalue weighted by atomic mass is 9.85. The lowest BCUT2D eigenvalue weighted by molar-refractivity contribution is -0.144. The van der Waals surface area contributed by atoms with E-state index in [1.807, 2.05) is 59.7 Å². The molecule has 19 heteroatoms. The Hall–Kier alpha value is -5.43. The second-order valence-electron chi connectivity index (χ2n) is 20.0. The molecule has 1 fully saturated rings. The number of aromatic nitrogens is 3. The average Bonchev–Trinajstić information content (AvgIpc) is 3.95. The molecule has 372 valence electrons. The van der Waals surface area contributed by atoms with E-state index in [2.05, 4.69) is 58.9 Å². The molecular weight excluding hydrogens is 857 g/mol. The number of carbonyl (C=O) groups excluding carboxylic acids is 7. The van der Waals surface area contributed by atoms with E-state index in [4.69, 9.17) is 0 Å². The van der Waals surface area contributed by atoms with Gasteiger partial charge < -0.3 is 47.4 Å². The number of aryl methyl sites for hydroxylation is 1. The lowest BCUT2D eigenvalue weighted by Crippen LogP contribution is -2.59. The molecule has 0 spiro atoms. The summed E-state index contributed by atoms with van der Waals surface area (Å²) in [6.45, 7) is 18.8. The van der Waals surface area contributed by atoms with Gasteiger partial charge in [0.2, 0.25) is 41.4 Å². The maximum absolute atomic E-state index is 14.6. The molecule has 2 aliphatic rings. The van der Waals surface area contributed by atoms with Crippen molar-refractivity contribution in [2.24, 2.45) is 17.3 Å². The summed E-state index contributed by atoms with van der Waals surface area (Å²) in [6.07, 6.45) is 4.93. The van der Waals surface area contributed by atoms with Crippen molar-refractivity contribution in [2.45, 2.75) is 169 Å². The van der Waals surface area contributed by atoms with Crippen LogP contribution in [0.25, 0.3) is 0 Å². The molecule has 7 amide bonds. The van der Waals surface area contributed by atoms with Gasteiger partial charge in [0.15, 0.2) is 0 Å². The van der Waals surface area contributed by atoms with E-state index < -0.39 is 59.5 Å². The number of hydrogen-bond donors (Lipinski definition) is 8. The molecule has 0 radical (unpaired) electrons. The van der Waals surface area contributed by atoms with Crippen molar-refractivity contribution in [3.8, 4) is 0 Å². The molecule has 0 saturated carbocycles. The fraction of sp³-hybridized carbons (Fsp3) is 0.688. The van der Waals surface area contributed by atoms with Crippen LogP contribution in [0, 0.1) is 17.3 Å². The minimum Gasteiger partial charge on any atom is -0.356 e. The minimum absolute atomic E-state index is 0.0171. The number of fused-ring (bicyclic) bond motifs is 1. The summed E-state index contributed by atoms with van der Waals surface area (Å²) in [5.41, 5.74) is 2.17. The van der Waals surface area contributed by atoms with Gasteiger partial charge in [-0.05, 0) is 88.9 Å². The summed E-state index contributed by atoms with van der Waals surface area (Å²) in [5.74, 6) is -2.76. The van der Waals surface area contributed by atoms with Crippen molar-refractivity contribution < 1.29 is 33.6 Å². The van der Waals surface area contributed by atoms with Gasteiger partial charge in [-0.1, -0.05) is 77.9 Å². The first-order chi connectivity index (χ1) is 31.6. The van der Waals surface area contributed by atoms with Crippen molar-refractivity contribution in [1.29, 1.82) is 0 Å². The van der Waals surface area contributed by atoms with Gasteiger partial charge in [0.25, 0.3) is 0 Å². The Morgan fingerprint density at radius 2 is 1.46 bits per heavy atom. The van der Waals surface area contributed by atoms with Crippen LogP contribution >= 0.6 is 0 Å². The highest BCUT2D eigenvalue weighted by Crippen LogP contribution is 2.34. The Balaban J connectivity index is 1.44. The second kappa shape index (κ2) is 24.5. The van der Waals surface area contributed by atoms with E-state index >= 15 is 0 Å². The maximum atomic E-state index is 14.6. The van der Waals surface area contributed by atoms with Gasteiger partial charge in [-0.3, -0.25) is 33.6 Å². The number of hydrogen-bond acceptors (Lipinski definition) is 11. The van der Waals surface area contributed by atoms with Gasteiger partial charge in [-0.15, -0.1) is 5.10 Å². The van der Waals surface area contributed by atoms with Crippen molar-refractivity contribution in [3.63, 3.8) is 0 Å². The first kappa shape index (κ1) is 54.2. The molecule has 8 N–H and O–H groups in total. The molecular formula is C48H78N12O7. The highest BCUT2D eigenvalue weighted by molar-refractivity contribution is 5.95. The number of nitrogens with one attached hydrogen (secondary N) is 8. The number of rotatable bonds is 22. The van der Waals surface area contributed by atoms with Crippen molar-refractivity contribution in [2.75, 3.05) is 27.2 Å². The Labute approximate surface area is 396 Å². The largest absolute Gasteiger partial charge is 0.356 e. The third kappa shape index (κ3) is 15.0. The summed E-state index contributed by atoms with van der Waals surface area (Å²) in [5, 5.41) is 32.1. The molecule has 2 aromatic rings. The van der Waals surface area contributed by atoms with Crippen molar-refractivity contribution in [3.05, 3.63) is 47.3 Å². The smallest absolute Gasteiger partial charge is 0.246 e. The zero-order valence-corrected chi connectivity index (χ0v) is 41.7. The zero-order chi connectivity index (χ0) is 49.7. The Morgan fingerprint density at radius 1 is 0.806 bits per heavy atom. The van der Waals surface area contributed by atoms with Crippen LogP contribution in [0.2, 0.25) is 0 Å². The summed E-state index contributed by atoms with van der Waals surface area (Å²) in [6, 6.07) is 2.51. The normalized spacial score (nSPS) is 19.9. The van der Waals surface area contributed by atoms with Gasteiger partial charge in [-0.2, -0.15) is 0 Å². The van der Waals surface area contributed by atoms with Gasteiger partial charge in [0.05, 0.1) is 29.9 Å². The van der Waals surface area contributed by atoms with Crippen LogP contribution in [0.15, 0.2) is 30.5 Å². The van der Waals surface area contributed by atoms with Crippen LogP contribution in [0.5, 0.6) is 0 Å². The molecule has 2 heterocycles. The molecule has 1 aliphatic carbocycles. The van der Waals surface area contributed by atoms with E-state index in [1.165, 1.54) is 5.56 Å². The van der Waals surface area contributed by atoms with Crippen molar-refractivity contribution in [1.82, 2.24) is 62.4 Å². The summed E-state index contributed by atoms with van der Waals surface area (Å²) >= 11 is 0. The number of carbonyl (C=O) groups is 7. The second-order valence-corrected chi connectivity index (χ2v) is 20.0. The fourth-order valence-corrected chi connectivity index (χ4v) is 8.15. The van der Waals surface area contributed by atoms with Crippen LogP contribution in [-0.2, 0) is 46.4 Å². The molecule has 19 nitrogen and oxygen atoms in total. The topological polar surface area (TPSA) is 250 Å². The van der Waals surface area contributed by atoms with E-state index in [9.17, 15) is 33.6 Å². The number of benzene rings is 1. The predicted octanol–water partition coefficient (Wildman–Crippen LogP) is 1.59. The number of amides is 7. The SMILES string of the molecule is CN[C@@H](C)C(=O)NC(C(=O)N[C@@H](CCC(=O)NCCc1cn([C@H]2C[C@@H](C(=O)N[C@@H]3CCCc4ccccc43)N(C(=O)[C@@H](NC(=O)[C@H](C)NC)C(C)(C)C)C2)nn1)C(=O)N[C@H](C)C(C)C)C(C)C. The Bertz CT molecular complexity index is 2030. The summed E-state index contributed by atoms with van der Waals surface area (Å²) in [7, 11) is 3.31. The van der Waals surface area contributed by atoms with Gasteiger partial charge in [-0.25, -0.2) is 4.68 Å². The van der Waals surface area contributed by atoms with E-state index in [0.717, 1.165) is 24.8 Å². The molecule has 1 saturated heterocycles.